The second-order valence-electron chi connectivity index (χ2n) is 8.17. The summed E-state index contributed by atoms with van der Waals surface area (Å²) in [5, 5.41) is 0. The maximum absolute atomic E-state index is 15.0. The highest BCUT2D eigenvalue weighted by Crippen LogP contribution is 2.33. The zero-order valence-corrected chi connectivity index (χ0v) is 19.4. The van der Waals surface area contributed by atoms with Crippen molar-refractivity contribution in [2.24, 2.45) is 0 Å². The molecule has 0 spiro atoms. The maximum Gasteiger partial charge on any atom is 0.414 e. The van der Waals surface area contributed by atoms with Crippen molar-refractivity contribution < 1.29 is 46.9 Å². The predicted octanol–water partition coefficient (Wildman–Crippen LogP) is 3.41. The van der Waals surface area contributed by atoms with Crippen LogP contribution in [0, 0.1) is 11.6 Å². The quantitative estimate of drug-likeness (QED) is 0.417. The van der Waals surface area contributed by atoms with Crippen molar-refractivity contribution in [3.05, 3.63) is 48.0 Å². The molecule has 12 heteroatoms. The lowest BCUT2D eigenvalue weighted by atomic mass is 10.0. The lowest BCUT2D eigenvalue weighted by Gasteiger charge is -2.16. The predicted molar refractivity (Wildman–Crippen MR) is 120 cm³/mol. The highest BCUT2D eigenvalue weighted by atomic mass is 19.1. The fourth-order valence-electron chi connectivity index (χ4n) is 3.84. The van der Waals surface area contributed by atoms with Crippen LogP contribution in [0.1, 0.15) is 13.8 Å². The first-order valence-electron chi connectivity index (χ1n) is 10.9. The third-order valence-electron chi connectivity index (χ3n) is 5.51. The summed E-state index contributed by atoms with van der Waals surface area (Å²) in [5.41, 5.74) is 0.289. The molecule has 0 aliphatic carbocycles. The van der Waals surface area contributed by atoms with Crippen LogP contribution >= 0.6 is 0 Å². The number of halogens is 2. The second kappa shape index (κ2) is 10.2. The minimum Gasteiger partial charge on any atom is -0.462 e. The van der Waals surface area contributed by atoms with Crippen LogP contribution in [0.5, 0.6) is 0 Å². The van der Waals surface area contributed by atoms with Gasteiger partial charge in [0.2, 0.25) is 0 Å². The van der Waals surface area contributed by atoms with Crippen LogP contribution in [-0.2, 0) is 28.5 Å². The number of ether oxygens (including phenoxy) is 4. The average molecular weight is 504 g/mol. The Morgan fingerprint density at radius 1 is 0.806 bits per heavy atom. The van der Waals surface area contributed by atoms with Crippen LogP contribution < -0.4 is 9.80 Å². The minimum atomic E-state index is -0.780. The number of hydrogen-bond donors (Lipinski definition) is 0. The number of carbonyl (C=O) groups is 4. The number of amides is 2. The van der Waals surface area contributed by atoms with Gasteiger partial charge in [0.25, 0.3) is 0 Å². The Labute approximate surface area is 204 Å². The molecule has 2 aliphatic heterocycles. The summed E-state index contributed by atoms with van der Waals surface area (Å²) in [4.78, 5) is 48.6. The monoisotopic (exact) mass is 504 g/mol. The van der Waals surface area contributed by atoms with Crippen LogP contribution in [0.25, 0.3) is 11.1 Å². The van der Waals surface area contributed by atoms with Gasteiger partial charge < -0.3 is 18.9 Å². The third kappa shape index (κ3) is 5.37. The molecule has 2 atom stereocenters. The van der Waals surface area contributed by atoms with Crippen molar-refractivity contribution in [2.45, 2.75) is 26.1 Å². The third-order valence-corrected chi connectivity index (χ3v) is 5.51. The van der Waals surface area contributed by atoms with E-state index in [4.69, 9.17) is 18.9 Å². The van der Waals surface area contributed by atoms with Gasteiger partial charge in [-0.25, -0.2) is 18.4 Å². The molecule has 2 amide bonds. The molecular formula is C24H22F2N2O8. The van der Waals surface area contributed by atoms with Crippen molar-refractivity contribution in [1.29, 1.82) is 0 Å². The molecule has 2 heterocycles. The van der Waals surface area contributed by atoms with E-state index in [1.54, 1.807) is 0 Å². The van der Waals surface area contributed by atoms with Crippen molar-refractivity contribution in [2.75, 3.05) is 36.1 Å². The Morgan fingerprint density at radius 2 is 1.19 bits per heavy atom. The molecular weight excluding hydrogens is 482 g/mol. The maximum atomic E-state index is 15.0. The van der Waals surface area contributed by atoms with E-state index in [2.05, 4.69) is 0 Å². The zero-order chi connectivity index (χ0) is 26.0. The lowest BCUT2D eigenvalue weighted by molar-refractivity contribution is -0.144. The summed E-state index contributed by atoms with van der Waals surface area (Å²) in [6, 6.07) is 7.70. The Hall–Kier alpha value is -4.22. The molecule has 1 unspecified atom stereocenters. The molecule has 0 bridgehead atoms. The molecule has 2 fully saturated rings. The van der Waals surface area contributed by atoms with Crippen LogP contribution in [-0.4, -0.2) is 62.6 Å². The summed E-state index contributed by atoms with van der Waals surface area (Å²) in [6.45, 7) is 2.33. The van der Waals surface area contributed by atoms with Gasteiger partial charge in [0.1, 0.15) is 24.8 Å². The van der Waals surface area contributed by atoms with Crippen molar-refractivity contribution in [1.82, 2.24) is 0 Å². The molecule has 2 aromatic carbocycles. The summed E-state index contributed by atoms with van der Waals surface area (Å²) < 4.78 is 49.9. The van der Waals surface area contributed by atoms with Crippen molar-refractivity contribution in [3.8, 4) is 11.1 Å². The molecule has 0 aromatic heterocycles. The van der Waals surface area contributed by atoms with Gasteiger partial charge in [-0.3, -0.25) is 19.4 Å². The normalized spacial score (nSPS) is 19.2. The van der Waals surface area contributed by atoms with Crippen LogP contribution in [0.3, 0.4) is 0 Å². The first-order valence-corrected chi connectivity index (χ1v) is 10.9. The van der Waals surface area contributed by atoms with E-state index in [1.165, 1.54) is 47.9 Å². The molecule has 4 rings (SSSR count). The van der Waals surface area contributed by atoms with E-state index < -0.39 is 48.0 Å². The SMILES string of the molecule is CC(=O)OCC1CN(c2ccc(-c3ccc(N4C[C@H](COC(C)=O)OC4=O)cc3F)c(F)c2)C(=O)O1. The number of benzene rings is 2. The number of hydrogen-bond acceptors (Lipinski definition) is 8. The van der Waals surface area contributed by atoms with Gasteiger partial charge in [0.05, 0.1) is 24.5 Å². The highest BCUT2D eigenvalue weighted by Gasteiger charge is 2.35. The Morgan fingerprint density at radius 3 is 1.53 bits per heavy atom. The Balaban J connectivity index is 1.48. The molecule has 2 aromatic rings. The van der Waals surface area contributed by atoms with Crippen LogP contribution in [0.2, 0.25) is 0 Å². The number of nitrogens with zero attached hydrogens (tertiary/aromatic N) is 2. The Bertz CT molecular complexity index is 1130. The van der Waals surface area contributed by atoms with Gasteiger partial charge in [-0.15, -0.1) is 0 Å². The van der Waals surface area contributed by atoms with E-state index in [-0.39, 0.29) is 48.8 Å². The number of cyclic esters (lactones) is 2. The molecule has 0 N–H and O–H groups in total. The van der Waals surface area contributed by atoms with Gasteiger partial charge in [-0.2, -0.15) is 0 Å². The molecule has 0 radical (unpaired) electrons. The van der Waals surface area contributed by atoms with Crippen LogP contribution in [0.15, 0.2) is 36.4 Å². The zero-order valence-electron chi connectivity index (χ0n) is 19.4. The summed E-state index contributed by atoms with van der Waals surface area (Å²) in [7, 11) is 0. The summed E-state index contributed by atoms with van der Waals surface area (Å²) in [5.74, 6) is -2.59. The largest absolute Gasteiger partial charge is 0.462 e. The molecule has 190 valence electrons. The fourth-order valence-corrected chi connectivity index (χ4v) is 3.84. The van der Waals surface area contributed by atoms with Gasteiger partial charge in [0.15, 0.2) is 12.2 Å². The van der Waals surface area contributed by atoms with Crippen molar-refractivity contribution >= 4 is 35.5 Å². The molecule has 2 saturated heterocycles. The Kier molecular flexibility index (Phi) is 7.04. The smallest absolute Gasteiger partial charge is 0.414 e. The van der Waals surface area contributed by atoms with E-state index in [0.29, 0.717) is 0 Å². The molecule has 36 heavy (non-hydrogen) atoms. The summed E-state index contributed by atoms with van der Waals surface area (Å²) >= 11 is 0. The minimum absolute atomic E-state index is 0.0523. The van der Waals surface area contributed by atoms with Gasteiger partial charge in [-0.05, 0) is 36.4 Å². The highest BCUT2D eigenvalue weighted by molar-refractivity contribution is 5.91. The number of rotatable bonds is 7. The first kappa shape index (κ1) is 24.9. The molecule has 0 saturated carbocycles. The van der Waals surface area contributed by atoms with E-state index in [9.17, 15) is 28.0 Å². The van der Waals surface area contributed by atoms with Gasteiger partial charge in [0, 0.05) is 25.0 Å². The van der Waals surface area contributed by atoms with Crippen LogP contribution in [0.4, 0.5) is 29.7 Å². The molecule has 10 nitrogen and oxygen atoms in total. The lowest BCUT2D eigenvalue weighted by Crippen LogP contribution is -2.26. The standard InChI is InChI=1S/C24H22F2N2O8/c1-13(29)33-11-17-9-27(23(31)35-17)15-3-5-19(21(25)7-15)20-6-4-16(8-22(20)26)28-10-18(36-24(28)32)12-34-14(2)30/h3-8,17-18H,9-12H2,1-2H3/t17-,18?/m1/s1. The molecule has 2 aliphatic rings. The number of esters is 2. The average Bonchev–Trinajstić information content (AvgIpc) is 3.38. The van der Waals surface area contributed by atoms with E-state index in [0.717, 1.165) is 12.1 Å². The van der Waals surface area contributed by atoms with Gasteiger partial charge >= 0.3 is 24.1 Å². The van der Waals surface area contributed by atoms with E-state index >= 15 is 0 Å². The van der Waals surface area contributed by atoms with E-state index in [1.807, 2.05) is 0 Å². The van der Waals surface area contributed by atoms with Gasteiger partial charge in [-0.1, -0.05) is 0 Å². The number of carbonyl (C=O) groups excluding carboxylic acids is 4. The summed E-state index contributed by atoms with van der Waals surface area (Å²) in [6.07, 6.45) is -2.83. The fraction of sp³-hybridized carbons (Fsp3) is 0.333. The van der Waals surface area contributed by atoms with Crippen molar-refractivity contribution in [3.63, 3.8) is 0 Å². The first-order chi connectivity index (χ1) is 17.1. The second-order valence-corrected chi connectivity index (χ2v) is 8.17. The topological polar surface area (TPSA) is 112 Å². The number of anilines is 2.